The highest BCUT2D eigenvalue weighted by molar-refractivity contribution is 7.86. The molecular weight excluding hydrogens is 368 g/mol. The van der Waals surface area contributed by atoms with Gasteiger partial charge in [-0.25, -0.2) is 8.78 Å². The number of hydrogen-bond donors (Lipinski definition) is 1. The normalized spacial score (nSPS) is 17.3. The summed E-state index contributed by atoms with van der Waals surface area (Å²) in [5, 5.41) is 0. The summed E-state index contributed by atoms with van der Waals surface area (Å²) in [4.78, 5) is 12.4. The molecule has 0 aliphatic carbocycles. The molecule has 1 atom stereocenters. The number of ether oxygens (including phenoxy) is 1. The molecule has 1 heterocycles. The fourth-order valence-electron chi connectivity index (χ4n) is 2.44. The van der Waals surface area contributed by atoms with E-state index < -0.39 is 56.6 Å². The summed E-state index contributed by atoms with van der Waals surface area (Å²) in [5.41, 5.74) is 5.26. The van der Waals surface area contributed by atoms with E-state index in [0.717, 1.165) is 18.2 Å². The first kappa shape index (κ1) is 17.9. The lowest BCUT2D eigenvalue weighted by Gasteiger charge is -2.11. The van der Waals surface area contributed by atoms with Crippen LogP contribution in [-0.2, 0) is 29.6 Å². The zero-order valence-corrected chi connectivity index (χ0v) is 14.0. The number of rotatable bonds is 5. The molecule has 26 heavy (non-hydrogen) atoms. The van der Waals surface area contributed by atoms with Crippen LogP contribution in [0.3, 0.4) is 0 Å². The van der Waals surface area contributed by atoms with E-state index in [2.05, 4.69) is 0 Å². The van der Waals surface area contributed by atoms with Gasteiger partial charge in [0.25, 0.3) is 0 Å². The van der Waals surface area contributed by atoms with Gasteiger partial charge in [0.05, 0.1) is 5.56 Å². The lowest BCUT2D eigenvalue weighted by Crippen LogP contribution is -2.17. The lowest BCUT2D eigenvalue weighted by molar-refractivity contribution is -0.123. The predicted octanol–water partition coefficient (Wildman–Crippen LogP) is 2.28. The summed E-state index contributed by atoms with van der Waals surface area (Å²) < 4.78 is 61.8. The molecule has 9 heteroatoms. The van der Waals surface area contributed by atoms with Gasteiger partial charge >= 0.3 is 10.1 Å². The molecule has 3 rings (SSSR count). The van der Waals surface area contributed by atoms with Gasteiger partial charge in [-0.15, -0.1) is 0 Å². The van der Waals surface area contributed by atoms with Gasteiger partial charge in [0, 0.05) is 0 Å². The van der Waals surface area contributed by atoms with Crippen molar-refractivity contribution in [3.8, 4) is 0 Å². The van der Waals surface area contributed by atoms with E-state index in [1.807, 2.05) is 0 Å². The number of hydrogen-bond acceptors (Lipinski definition) is 6. The minimum atomic E-state index is -4.24. The van der Waals surface area contributed by atoms with Crippen LogP contribution in [0.1, 0.15) is 17.2 Å². The van der Waals surface area contributed by atoms with Crippen molar-refractivity contribution in [1.29, 1.82) is 0 Å². The topological polar surface area (TPSA) is 95.7 Å². The van der Waals surface area contributed by atoms with Gasteiger partial charge in [0.2, 0.25) is 17.4 Å². The van der Waals surface area contributed by atoms with Gasteiger partial charge in [-0.05, 0) is 17.7 Å². The number of carbonyl (C=O) groups excluding carboxylic acids is 1. The quantitative estimate of drug-likeness (QED) is 0.799. The maximum atomic E-state index is 13.9. The Morgan fingerprint density at radius 2 is 1.65 bits per heavy atom. The highest BCUT2D eigenvalue weighted by atomic mass is 32.2. The third-order valence-corrected chi connectivity index (χ3v) is 4.70. The fraction of sp³-hybridized carbons (Fsp3) is 0.118. The maximum absolute atomic E-state index is 13.9. The molecule has 0 saturated heterocycles. The zero-order chi connectivity index (χ0) is 18.9. The maximum Gasteiger partial charge on any atom is 0.313 e. The van der Waals surface area contributed by atoms with Crippen LogP contribution >= 0.6 is 0 Å². The van der Waals surface area contributed by atoms with Gasteiger partial charge in [-0.2, -0.15) is 8.42 Å². The van der Waals surface area contributed by atoms with Crippen molar-refractivity contribution in [2.45, 2.75) is 11.9 Å². The van der Waals surface area contributed by atoms with Crippen LogP contribution in [0.25, 0.3) is 0 Å². The second-order valence-electron chi connectivity index (χ2n) is 5.46. The summed E-state index contributed by atoms with van der Waals surface area (Å²) in [7, 11) is -4.24. The van der Waals surface area contributed by atoms with Crippen LogP contribution in [0.2, 0.25) is 0 Å². The van der Waals surface area contributed by atoms with E-state index in [1.54, 1.807) is 30.3 Å². The average molecular weight is 381 g/mol. The SMILES string of the molecule is NC1=C(OS(=O)(=O)Cc2ccccc2)C(=O)C(c2c(F)cccc2F)O1. The highest BCUT2D eigenvalue weighted by Crippen LogP contribution is 2.35. The first-order valence-electron chi connectivity index (χ1n) is 7.39. The monoisotopic (exact) mass is 381 g/mol. The van der Waals surface area contributed by atoms with Crippen LogP contribution in [0.5, 0.6) is 0 Å². The molecule has 0 spiro atoms. The molecule has 1 aliphatic rings. The molecule has 2 aromatic rings. The summed E-state index contributed by atoms with van der Waals surface area (Å²) in [6.45, 7) is 0. The Hall–Kier alpha value is -2.94. The van der Waals surface area contributed by atoms with Gasteiger partial charge in [0.15, 0.2) is 6.10 Å². The van der Waals surface area contributed by atoms with Crippen molar-refractivity contribution in [3.05, 3.63) is 82.9 Å². The third kappa shape index (κ3) is 3.52. The minimum Gasteiger partial charge on any atom is -0.460 e. The van der Waals surface area contributed by atoms with E-state index in [-0.39, 0.29) is 0 Å². The molecule has 2 N–H and O–H groups in total. The molecule has 0 saturated carbocycles. The molecule has 136 valence electrons. The van der Waals surface area contributed by atoms with Gasteiger partial charge < -0.3 is 14.7 Å². The van der Waals surface area contributed by atoms with E-state index in [0.29, 0.717) is 5.56 Å². The second kappa shape index (κ2) is 6.75. The number of ketones is 1. The molecule has 0 bridgehead atoms. The summed E-state index contributed by atoms with van der Waals surface area (Å²) in [6.07, 6.45) is -1.75. The Labute approximate surface area is 148 Å². The van der Waals surface area contributed by atoms with Crippen LogP contribution in [0, 0.1) is 11.6 Å². The number of benzene rings is 2. The van der Waals surface area contributed by atoms with E-state index >= 15 is 0 Å². The Morgan fingerprint density at radius 1 is 1.04 bits per heavy atom. The summed E-state index contributed by atoms with van der Waals surface area (Å²) in [6, 6.07) is 11.1. The molecule has 1 unspecified atom stereocenters. The van der Waals surface area contributed by atoms with Crippen molar-refractivity contribution in [2.75, 3.05) is 0 Å². The van der Waals surface area contributed by atoms with E-state index in [1.165, 1.54) is 0 Å². The van der Waals surface area contributed by atoms with Crippen molar-refractivity contribution >= 4 is 15.9 Å². The van der Waals surface area contributed by atoms with Crippen LogP contribution < -0.4 is 5.73 Å². The molecular formula is C17H13F2NO5S. The highest BCUT2D eigenvalue weighted by Gasteiger charge is 2.42. The zero-order valence-electron chi connectivity index (χ0n) is 13.2. The largest absolute Gasteiger partial charge is 0.460 e. The summed E-state index contributed by atoms with van der Waals surface area (Å²) >= 11 is 0. The number of carbonyl (C=O) groups is 1. The molecule has 1 aliphatic heterocycles. The van der Waals surface area contributed by atoms with Crippen molar-refractivity contribution in [3.63, 3.8) is 0 Å². The number of nitrogens with two attached hydrogens (primary N) is 1. The number of halogens is 2. The molecule has 2 aromatic carbocycles. The number of Topliss-reactive ketones (excluding diaryl/α,β-unsaturated/α-hetero) is 1. The van der Waals surface area contributed by atoms with E-state index in [4.69, 9.17) is 14.7 Å². The summed E-state index contributed by atoms with van der Waals surface area (Å²) in [5.74, 6) is -5.10. The van der Waals surface area contributed by atoms with E-state index in [9.17, 15) is 22.0 Å². The molecule has 0 radical (unpaired) electrons. The van der Waals surface area contributed by atoms with Gasteiger partial charge in [-0.3, -0.25) is 4.79 Å². The average Bonchev–Trinajstić information content (AvgIpc) is 2.83. The minimum absolute atomic E-state index is 0.426. The molecule has 0 amide bonds. The van der Waals surface area contributed by atoms with Crippen LogP contribution in [0.15, 0.2) is 60.2 Å². The van der Waals surface area contributed by atoms with Crippen molar-refractivity contribution in [1.82, 2.24) is 0 Å². The smallest absolute Gasteiger partial charge is 0.313 e. The Kier molecular flexibility index (Phi) is 4.64. The first-order valence-corrected chi connectivity index (χ1v) is 8.97. The van der Waals surface area contributed by atoms with Crippen molar-refractivity contribution < 1.29 is 30.9 Å². The Morgan fingerprint density at radius 3 is 2.27 bits per heavy atom. The van der Waals surface area contributed by atoms with Crippen molar-refractivity contribution in [2.24, 2.45) is 5.73 Å². The molecule has 0 fully saturated rings. The van der Waals surface area contributed by atoms with Crippen LogP contribution in [-0.4, -0.2) is 14.2 Å². The standard InChI is InChI=1S/C17H13F2NO5S/c18-11-7-4-8-12(19)13(11)15-14(21)16(17(20)24-15)25-26(22,23)9-10-5-2-1-3-6-10/h1-8,15H,9,20H2. The second-order valence-corrected chi connectivity index (χ2v) is 7.03. The predicted molar refractivity (Wildman–Crippen MR) is 86.6 cm³/mol. The van der Waals surface area contributed by atoms with Crippen LogP contribution in [0.4, 0.5) is 8.78 Å². The van der Waals surface area contributed by atoms with Gasteiger partial charge in [0.1, 0.15) is 17.4 Å². The molecule has 0 aromatic heterocycles. The Bertz CT molecular complexity index is 969. The first-order chi connectivity index (χ1) is 12.3. The Balaban J connectivity index is 1.83. The third-order valence-electron chi connectivity index (χ3n) is 3.59. The molecule has 6 nitrogen and oxygen atoms in total. The van der Waals surface area contributed by atoms with Gasteiger partial charge in [-0.1, -0.05) is 36.4 Å². The fourth-order valence-corrected chi connectivity index (χ4v) is 3.52. The lowest BCUT2D eigenvalue weighted by atomic mass is 10.0.